The van der Waals surface area contributed by atoms with Gasteiger partial charge >= 0.3 is 0 Å². The number of anilines is 1. The molecule has 4 heteroatoms. The smallest absolute Gasteiger partial charge is 0.0434 e. The van der Waals surface area contributed by atoms with E-state index in [-0.39, 0.29) is 24.8 Å². The van der Waals surface area contributed by atoms with Crippen molar-refractivity contribution in [2.24, 2.45) is 5.92 Å². The summed E-state index contributed by atoms with van der Waals surface area (Å²) < 4.78 is 0. The van der Waals surface area contributed by atoms with Gasteiger partial charge in [0.25, 0.3) is 0 Å². The van der Waals surface area contributed by atoms with Gasteiger partial charge in [0.2, 0.25) is 0 Å². The Kier molecular flexibility index (Phi) is 5.62. The number of benzene rings is 2. The molecule has 5 rings (SSSR count). The van der Waals surface area contributed by atoms with Gasteiger partial charge in [0.15, 0.2) is 0 Å². The topological polar surface area (TPSA) is 6.48 Å². The van der Waals surface area contributed by atoms with Crippen LogP contribution in [-0.4, -0.2) is 31.1 Å². The van der Waals surface area contributed by atoms with Crippen LogP contribution >= 0.6 is 24.8 Å². The molecule has 0 spiro atoms. The normalized spacial score (nSPS) is 23.9. The highest BCUT2D eigenvalue weighted by Crippen LogP contribution is 2.46. The van der Waals surface area contributed by atoms with Crippen LogP contribution < -0.4 is 4.90 Å². The van der Waals surface area contributed by atoms with Crippen molar-refractivity contribution < 1.29 is 0 Å². The third-order valence-electron chi connectivity index (χ3n) is 5.96. The summed E-state index contributed by atoms with van der Waals surface area (Å²) in [7, 11) is 0. The molecule has 0 amide bonds. The molecule has 3 aliphatic rings. The molecule has 0 aromatic heterocycles. The first kappa shape index (κ1) is 18.6. The van der Waals surface area contributed by atoms with E-state index in [2.05, 4.69) is 58.3 Å². The molecule has 2 aromatic rings. The van der Waals surface area contributed by atoms with E-state index in [0.717, 1.165) is 18.4 Å². The van der Waals surface area contributed by atoms with Crippen molar-refractivity contribution in [3.8, 4) is 0 Å². The van der Waals surface area contributed by atoms with E-state index in [1.165, 1.54) is 44.6 Å². The third-order valence-corrected chi connectivity index (χ3v) is 5.96. The Hall–Kier alpha value is -1.22. The summed E-state index contributed by atoms with van der Waals surface area (Å²) in [5, 5.41) is 0. The van der Waals surface area contributed by atoms with Crippen molar-refractivity contribution in [3.05, 3.63) is 65.2 Å². The van der Waals surface area contributed by atoms with Crippen molar-refractivity contribution in [3.63, 3.8) is 0 Å². The molecule has 0 unspecified atom stereocenters. The summed E-state index contributed by atoms with van der Waals surface area (Å²) >= 11 is 0. The highest BCUT2D eigenvalue weighted by Gasteiger charge is 2.41. The summed E-state index contributed by atoms with van der Waals surface area (Å²) in [6, 6.07) is 18.0. The molecular weight excluding hydrogens is 351 g/mol. The van der Waals surface area contributed by atoms with E-state index in [4.69, 9.17) is 0 Å². The lowest BCUT2D eigenvalue weighted by Crippen LogP contribution is -2.40. The number of likely N-dealkylation sites (tertiary alicyclic amines) is 1. The Morgan fingerprint density at radius 2 is 1.72 bits per heavy atom. The maximum atomic E-state index is 2.68. The largest absolute Gasteiger partial charge is 0.371 e. The second-order valence-corrected chi connectivity index (χ2v) is 7.45. The molecular formula is C21H26Cl2N2. The van der Waals surface area contributed by atoms with Gasteiger partial charge in [0, 0.05) is 44.3 Å². The predicted molar refractivity (Wildman–Crippen MR) is 109 cm³/mol. The second kappa shape index (κ2) is 7.57. The van der Waals surface area contributed by atoms with Crippen LogP contribution in [0.2, 0.25) is 0 Å². The molecule has 0 saturated carbocycles. The van der Waals surface area contributed by atoms with Crippen molar-refractivity contribution in [1.29, 1.82) is 0 Å². The lowest BCUT2D eigenvalue weighted by molar-refractivity contribution is 0.316. The molecule has 0 aliphatic carbocycles. The van der Waals surface area contributed by atoms with Crippen LogP contribution in [0.3, 0.4) is 0 Å². The quantitative estimate of drug-likeness (QED) is 0.760. The summed E-state index contributed by atoms with van der Waals surface area (Å²) in [6.45, 7) is 6.10. The van der Waals surface area contributed by atoms with Crippen molar-refractivity contribution in [2.75, 3.05) is 31.1 Å². The van der Waals surface area contributed by atoms with Crippen LogP contribution in [0, 0.1) is 5.92 Å². The van der Waals surface area contributed by atoms with Crippen LogP contribution in [0.1, 0.15) is 29.0 Å². The molecule has 0 bridgehead atoms. The van der Waals surface area contributed by atoms with Gasteiger partial charge in [-0.15, -0.1) is 24.8 Å². The maximum Gasteiger partial charge on any atom is 0.0434 e. The average Bonchev–Trinajstić information content (AvgIpc) is 2.99. The van der Waals surface area contributed by atoms with Gasteiger partial charge in [-0.1, -0.05) is 48.5 Å². The Morgan fingerprint density at radius 3 is 2.56 bits per heavy atom. The van der Waals surface area contributed by atoms with Gasteiger partial charge < -0.3 is 4.90 Å². The monoisotopic (exact) mass is 376 g/mol. The Bertz CT molecular complexity index is 719. The highest BCUT2D eigenvalue weighted by molar-refractivity contribution is 5.85. The minimum Gasteiger partial charge on any atom is -0.371 e. The predicted octanol–water partition coefficient (Wildman–Crippen LogP) is 4.51. The average molecular weight is 377 g/mol. The molecule has 1 saturated heterocycles. The summed E-state index contributed by atoms with van der Waals surface area (Å²) in [6.07, 6.45) is 2.59. The molecule has 1 fully saturated rings. The Balaban J connectivity index is 0.000000911. The summed E-state index contributed by atoms with van der Waals surface area (Å²) in [5.41, 5.74) is 6.27. The van der Waals surface area contributed by atoms with Crippen LogP contribution in [0.4, 0.5) is 5.69 Å². The number of rotatable bonds is 2. The minimum absolute atomic E-state index is 0. The van der Waals surface area contributed by atoms with Gasteiger partial charge in [-0.3, -0.25) is 4.90 Å². The van der Waals surface area contributed by atoms with Gasteiger partial charge in [-0.05, 0) is 35.4 Å². The van der Waals surface area contributed by atoms with Crippen LogP contribution in [0.5, 0.6) is 0 Å². The van der Waals surface area contributed by atoms with Crippen LogP contribution in [-0.2, 0) is 13.0 Å². The van der Waals surface area contributed by atoms with Crippen molar-refractivity contribution in [2.45, 2.75) is 25.3 Å². The van der Waals surface area contributed by atoms with E-state index in [1.807, 2.05) is 0 Å². The van der Waals surface area contributed by atoms with Gasteiger partial charge in [-0.2, -0.15) is 0 Å². The van der Waals surface area contributed by atoms with Crippen LogP contribution in [0.25, 0.3) is 0 Å². The van der Waals surface area contributed by atoms with Crippen molar-refractivity contribution in [1.82, 2.24) is 4.90 Å². The molecule has 2 atom stereocenters. The number of nitrogens with zero attached hydrogens (tertiary/aromatic N) is 2. The van der Waals surface area contributed by atoms with Crippen molar-refractivity contribution >= 4 is 30.5 Å². The SMILES string of the molecule is Cl.Cl.c1ccc(CN2C[C@@H]3CN4CCCc5cccc(c54)[C@H]3C2)cc1. The Morgan fingerprint density at radius 1 is 0.880 bits per heavy atom. The molecule has 2 nitrogen and oxygen atoms in total. The first-order chi connectivity index (χ1) is 11.4. The molecule has 2 aromatic carbocycles. The van der Waals surface area contributed by atoms with E-state index < -0.39 is 0 Å². The van der Waals surface area contributed by atoms with Gasteiger partial charge in [0.1, 0.15) is 0 Å². The lowest BCUT2D eigenvalue weighted by Gasteiger charge is -2.41. The molecule has 25 heavy (non-hydrogen) atoms. The van der Waals surface area contributed by atoms with E-state index >= 15 is 0 Å². The summed E-state index contributed by atoms with van der Waals surface area (Å²) in [5.74, 6) is 1.54. The fourth-order valence-corrected chi connectivity index (χ4v) is 5.00. The number of halogens is 2. The number of fused-ring (bicyclic) bond motifs is 2. The fourth-order valence-electron chi connectivity index (χ4n) is 5.00. The summed E-state index contributed by atoms with van der Waals surface area (Å²) in [4.78, 5) is 5.35. The molecule has 0 radical (unpaired) electrons. The van der Waals surface area contributed by atoms with Gasteiger partial charge in [0.05, 0.1) is 0 Å². The zero-order valence-corrected chi connectivity index (χ0v) is 16.1. The van der Waals surface area contributed by atoms with Crippen LogP contribution in [0.15, 0.2) is 48.5 Å². The minimum atomic E-state index is 0. The standard InChI is InChI=1S/C21H24N2.2ClH/c1-2-6-16(7-3-1)12-22-13-18-14-23-11-5-9-17-8-4-10-19(21(17)23)20(18)15-22;;/h1-4,6-8,10,18,20H,5,9,11-15H2;2*1H/t18-,20+;;/m1../s1. The molecule has 0 N–H and O–H groups in total. The first-order valence-electron chi connectivity index (χ1n) is 9.01. The molecule has 3 heterocycles. The van der Waals surface area contributed by atoms with E-state index in [1.54, 1.807) is 16.8 Å². The fraction of sp³-hybridized carbons (Fsp3) is 0.429. The first-order valence-corrected chi connectivity index (χ1v) is 9.01. The molecule has 3 aliphatic heterocycles. The number of hydrogen-bond donors (Lipinski definition) is 0. The maximum absolute atomic E-state index is 2.68. The zero-order valence-electron chi connectivity index (χ0n) is 14.4. The van der Waals surface area contributed by atoms with E-state index in [0.29, 0.717) is 0 Å². The molecule has 134 valence electrons. The second-order valence-electron chi connectivity index (χ2n) is 7.45. The Labute approximate surface area is 163 Å². The third kappa shape index (κ3) is 3.28. The van der Waals surface area contributed by atoms with E-state index in [9.17, 15) is 0 Å². The number of para-hydroxylation sites is 1. The van der Waals surface area contributed by atoms with Gasteiger partial charge in [-0.25, -0.2) is 0 Å². The zero-order chi connectivity index (χ0) is 15.2. The highest BCUT2D eigenvalue weighted by atomic mass is 35.5. The number of hydrogen-bond acceptors (Lipinski definition) is 2. The number of aryl methyl sites for hydroxylation is 1. The lowest BCUT2D eigenvalue weighted by atomic mass is 9.80.